The molecule has 1 aliphatic rings. The number of methoxy groups -OCH3 is 2. The average Bonchev–Trinajstić information content (AvgIpc) is 3.55. The Morgan fingerprint density at radius 2 is 1.98 bits per heavy atom. The van der Waals surface area contributed by atoms with Crippen LogP contribution in [0.25, 0.3) is 17.4 Å². The number of ether oxygens (including phenoxy) is 3. The predicted octanol–water partition coefficient (Wildman–Crippen LogP) is 4.75. The standard InChI is InChI=1S/C29H24BrN3O8S/c1-5-40-28(35)25-15(2)31-29-32(26(25)20-13-17(38-3)7-10-22(20)39-4)27(34)24(42-29)14-18-8-11-23(41-18)19-9-6-16(33(36)37)12-21(19)30/h6-14,26H,5H2,1-4H3/b24-14+. The molecule has 216 valence electrons. The normalized spacial score (nSPS) is 14.8. The van der Waals surface area contributed by atoms with Crippen molar-refractivity contribution in [3.8, 4) is 22.8 Å². The molecular weight excluding hydrogens is 630 g/mol. The fourth-order valence-electron chi connectivity index (χ4n) is 4.66. The summed E-state index contributed by atoms with van der Waals surface area (Å²) in [5, 5.41) is 11.1. The molecular formula is C29H24BrN3O8S. The summed E-state index contributed by atoms with van der Waals surface area (Å²) in [6.07, 6.45) is 1.59. The molecule has 0 radical (unpaired) electrons. The lowest BCUT2D eigenvalue weighted by atomic mass is 9.95. The number of allylic oxidation sites excluding steroid dienone is 1. The van der Waals surface area contributed by atoms with Gasteiger partial charge in [0.05, 0.1) is 41.6 Å². The van der Waals surface area contributed by atoms with Gasteiger partial charge in [-0.2, -0.15) is 0 Å². The lowest BCUT2D eigenvalue weighted by Crippen LogP contribution is -2.40. The Morgan fingerprint density at radius 1 is 1.19 bits per heavy atom. The molecule has 0 amide bonds. The highest BCUT2D eigenvalue weighted by Crippen LogP contribution is 2.38. The molecule has 1 aliphatic heterocycles. The van der Waals surface area contributed by atoms with Crippen molar-refractivity contribution in [1.29, 1.82) is 0 Å². The van der Waals surface area contributed by atoms with Gasteiger partial charge in [-0.05, 0) is 66.2 Å². The summed E-state index contributed by atoms with van der Waals surface area (Å²) in [6.45, 7) is 3.55. The van der Waals surface area contributed by atoms with Gasteiger partial charge in [-0.25, -0.2) is 9.79 Å². The Labute approximate surface area is 251 Å². The van der Waals surface area contributed by atoms with Gasteiger partial charge < -0.3 is 18.6 Å². The maximum absolute atomic E-state index is 13.9. The number of non-ortho nitro benzene ring substituents is 1. The molecule has 1 unspecified atom stereocenters. The SMILES string of the molecule is CCOC(=O)C1=C(C)N=c2s/c(=C/c3ccc(-c4ccc([N+](=O)[O-])cc4Br)o3)c(=O)n2C1c1cc(OC)ccc1OC. The van der Waals surface area contributed by atoms with Crippen molar-refractivity contribution in [3.63, 3.8) is 0 Å². The lowest BCUT2D eigenvalue weighted by Gasteiger charge is -2.26. The number of esters is 1. The number of thiazole rings is 1. The number of hydrogen-bond acceptors (Lipinski definition) is 10. The van der Waals surface area contributed by atoms with E-state index in [0.717, 1.165) is 11.3 Å². The van der Waals surface area contributed by atoms with Crippen LogP contribution in [0, 0.1) is 10.1 Å². The van der Waals surface area contributed by atoms with Crippen molar-refractivity contribution in [2.24, 2.45) is 4.99 Å². The summed E-state index contributed by atoms with van der Waals surface area (Å²) < 4.78 is 24.7. The predicted molar refractivity (Wildman–Crippen MR) is 158 cm³/mol. The van der Waals surface area contributed by atoms with Gasteiger partial charge in [0.25, 0.3) is 11.2 Å². The minimum atomic E-state index is -0.893. The van der Waals surface area contributed by atoms with E-state index in [9.17, 15) is 19.7 Å². The topological polar surface area (TPSA) is 135 Å². The highest BCUT2D eigenvalue weighted by Gasteiger charge is 2.35. The average molecular weight is 654 g/mol. The first-order valence-electron chi connectivity index (χ1n) is 12.6. The number of rotatable bonds is 8. The van der Waals surface area contributed by atoms with Crippen molar-refractivity contribution in [3.05, 3.63) is 105 Å². The highest BCUT2D eigenvalue weighted by atomic mass is 79.9. The van der Waals surface area contributed by atoms with E-state index in [-0.39, 0.29) is 17.9 Å². The summed E-state index contributed by atoms with van der Waals surface area (Å²) in [7, 11) is 3.03. The molecule has 0 spiro atoms. The van der Waals surface area contributed by atoms with Crippen molar-refractivity contribution < 1.29 is 28.3 Å². The molecule has 0 fully saturated rings. The quantitative estimate of drug-likeness (QED) is 0.151. The molecule has 13 heteroatoms. The van der Waals surface area contributed by atoms with Gasteiger partial charge in [-0.1, -0.05) is 11.3 Å². The van der Waals surface area contributed by atoms with Crippen LogP contribution in [0.15, 0.2) is 78.5 Å². The number of carbonyl (C=O) groups is 1. The number of halogens is 1. The van der Waals surface area contributed by atoms with E-state index in [0.29, 0.717) is 53.6 Å². The number of nitrogens with zero attached hydrogens (tertiary/aromatic N) is 3. The minimum absolute atomic E-state index is 0.0572. The first-order chi connectivity index (χ1) is 20.2. The molecule has 0 N–H and O–H groups in total. The molecule has 0 saturated carbocycles. The van der Waals surface area contributed by atoms with E-state index < -0.39 is 22.5 Å². The number of furan rings is 1. The maximum Gasteiger partial charge on any atom is 0.338 e. The molecule has 3 heterocycles. The van der Waals surface area contributed by atoms with Crippen LogP contribution < -0.4 is 24.4 Å². The van der Waals surface area contributed by atoms with Gasteiger partial charge in [-0.3, -0.25) is 19.5 Å². The van der Waals surface area contributed by atoms with Crippen LogP contribution >= 0.6 is 27.3 Å². The van der Waals surface area contributed by atoms with Crippen LogP contribution in [0.2, 0.25) is 0 Å². The third-order valence-corrected chi connectivity index (χ3v) is 8.22. The molecule has 2 aromatic carbocycles. The van der Waals surface area contributed by atoms with Gasteiger partial charge in [0.2, 0.25) is 0 Å². The third-order valence-electron chi connectivity index (χ3n) is 6.58. The van der Waals surface area contributed by atoms with E-state index in [4.69, 9.17) is 18.6 Å². The van der Waals surface area contributed by atoms with E-state index in [1.807, 2.05) is 0 Å². The van der Waals surface area contributed by atoms with Crippen LogP contribution in [0.5, 0.6) is 11.5 Å². The molecule has 0 bridgehead atoms. The Bertz CT molecular complexity index is 1940. The van der Waals surface area contributed by atoms with Crippen molar-refractivity contribution in [2.75, 3.05) is 20.8 Å². The van der Waals surface area contributed by atoms with E-state index in [1.165, 1.54) is 30.9 Å². The summed E-state index contributed by atoms with van der Waals surface area (Å²) in [5.41, 5.74) is 1.33. The third kappa shape index (κ3) is 5.28. The number of fused-ring (bicyclic) bond motifs is 1. The summed E-state index contributed by atoms with van der Waals surface area (Å²) in [4.78, 5) is 42.7. The Balaban J connectivity index is 1.65. The summed E-state index contributed by atoms with van der Waals surface area (Å²) in [5.74, 6) is 1.22. The second-order valence-corrected chi connectivity index (χ2v) is 10.9. The first kappa shape index (κ1) is 29.0. The van der Waals surface area contributed by atoms with Crippen molar-refractivity contribution in [1.82, 2.24) is 4.57 Å². The zero-order valence-corrected chi connectivity index (χ0v) is 25.3. The van der Waals surface area contributed by atoms with Gasteiger partial charge >= 0.3 is 5.97 Å². The van der Waals surface area contributed by atoms with Crippen LogP contribution in [0.1, 0.15) is 31.2 Å². The molecule has 4 aromatic rings. The van der Waals surface area contributed by atoms with Crippen LogP contribution in [0.3, 0.4) is 0 Å². The zero-order valence-electron chi connectivity index (χ0n) is 22.9. The second kappa shape index (κ2) is 11.8. The smallest absolute Gasteiger partial charge is 0.338 e. The second-order valence-electron chi connectivity index (χ2n) is 9.03. The van der Waals surface area contributed by atoms with Crippen LogP contribution in [-0.4, -0.2) is 36.3 Å². The lowest BCUT2D eigenvalue weighted by molar-refractivity contribution is -0.384. The number of nitro benzene ring substituents is 1. The number of hydrogen-bond donors (Lipinski definition) is 0. The van der Waals surface area contributed by atoms with E-state index >= 15 is 0 Å². The fourth-order valence-corrected chi connectivity index (χ4v) is 6.25. The minimum Gasteiger partial charge on any atom is -0.497 e. The molecule has 11 nitrogen and oxygen atoms in total. The molecule has 5 rings (SSSR count). The van der Waals surface area contributed by atoms with Crippen molar-refractivity contribution in [2.45, 2.75) is 19.9 Å². The molecule has 0 aliphatic carbocycles. The summed E-state index contributed by atoms with van der Waals surface area (Å²) in [6, 6.07) is 12.0. The Morgan fingerprint density at radius 3 is 2.64 bits per heavy atom. The van der Waals surface area contributed by atoms with Gasteiger partial charge in [0.15, 0.2) is 4.80 Å². The molecule has 1 atom stereocenters. The highest BCUT2D eigenvalue weighted by molar-refractivity contribution is 9.10. The Kier molecular flexibility index (Phi) is 8.14. The Hall–Kier alpha value is -4.49. The first-order valence-corrected chi connectivity index (χ1v) is 14.2. The van der Waals surface area contributed by atoms with Gasteiger partial charge in [-0.15, -0.1) is 0 Å². The van der Waals surface area contributed by atoms with Crippen LogP contribution in [-0.2, 0) is 9.53 Å². The monoisotopic (exact) mass is 653 g/mol. The van der Waals surface area contributed by atoms with Gasteiger partial charge in [0, 0.05) is 33.8 Å². The fraction of sp³-hybridized carbons (Fsp3) is 0.207. The molecule has 42 heavy (non-hydrogen) atoms. The van der Waals surface area contributed by atoms with Crippen LogP contribution in [0.4, 0.5) is 5.69 Å². The number of carbonyl (C=O) groups excluding carboxylic acids is 1. The number of nitro groups is 1. The maximum atomic E-state index is 13.9. The largest absolute Gasteiger partial charge is 0.497 e. The number of benzene rings is 2. The summed E-state index contributed by atoms with van der Waals surface area (Å²) >= 11 is 4.51. The van der Waals surface area contributed by atoms with E-state index in [2.05, 4.69) is 20.9 Å². The van der Waals surface area contributed by atoms with E-state index in [1.54, 1.807) is 56.3 Å². The number of aromatic nitrogens is 1. The molecule has 0 saturated heterocycles. The zero-order chi connectivity index (χ0) is 30.1. The van der Waals surface area contributed by atoms with Crippen molar-refractivity contribution >= 4 is 45.0 Å². The van der Waals surface area contributed by atoms with Gasteiger partial charge in [0.1, 0.15) is 29.1 Å². The molecule has 2 aromatic heterocycles.